The molecule has 0 N–H and O–H groups in total. The van der Waals surface area contributed by atoms with Gasteiger partial charge in [-0.2, -0.15) is 4.99 Å². The van der Waals surface area contributed by atoms with Gasteiger partial charge in [0.2, 0.25) is 11.9 Å². The Labute approximate surface area is 138 Å². The number of nitrogens with zero attached hydrogens (tertiary/aromatic N) is 1. The van der Waals surface area contributed by atoms with Crippen molar-refractivity contribution < 1.29 is 23.9 Å². The van der Waals surface area contributed by atoms with Crippen LogP contribution in [0, 0.1) is 0 Å². The zero-order valence-electron chi connectivity index (χ0n) is 13.2. The Bertz CT molecular complexity index is 774. The molecule has 122 valence electrons. The van der Waals surface area contributed by atoms with E-state index < -0.39 is 12.1 Å². The number of benzene rings is 2. The Morgan fingerprint density at radius 2 is 1.58 bits per heavy atom. The minimum Gasteiger partial charge on any atom is -0.497 e. The molecule has 1 unspecified atom stereocenters. The average molecular weight is 325 g/mol. The number of hydrogen-bond acceptors (Lipinski definition) is 6. The van der Waals surface area contributed by atoms with E-state index in [0.29, 0.717) is 17.0 Å². The summed E-state index contributed by atoms with van der Waals surface area (Å²) >= 11 is 0. The van der Waals surface area contributed by atoms with E-state index in [-0.39, 0.29) is 11.3 Å². The number of Topliss-reactive ketones (excluding diaryl/α,β-unsaturated/α-hetero) is 1. The molecule has 0 saturated heterocycles. The number of isocyanates is 1. The monoisotopic (exact) mass is 325 g/mol. The standard InChI is InChI=1S/C18H15NO5/c1-12(17(21)13-5-9-16(23-2)10-6-13)24-18(22)14-3-7-15(8-4-14)19-11-20/h3-10,12H,1-2H3. The molecule has 0 radical (unpaired) electrons. The van der Waals surface area contributed by atoms with Crippen LogP contribution in [0.15, 0.2) is 53.5 Å². The van der Waals surface area contributed by atoms with E-state index in [1.807, 2.05) is 0 Å². The molecule has 2 rings (SSSR count). The fourth-order valence-corrected chi connectivity index (χ4v) is 2.00. The molecule has 0 spiro atoms. The van der Waals surface area contributed by atoms with Gasteiger partial charge in [-0.15, -0.1) is 0 Å². The molecule has 0 fully saturated rings. The van der Waals surface area contributed by atoms with Gasteiger partial charge in [0.15, 0.2) is 6.10 Å². The highest BCUT2D eigenvalue weighted by atomic mass is 16.5. The maximum atomic E-state index is 12.3. The molecule has 0 aliphatic rings. The molecular weight excluding hydrogens is 310 g/mol. The highest BCUT2D eigenvalue weighted by Crippen LogP contribution is 2.16. The second-order valence-electron chi connectivity index (χ2n) is 4.89. The Kier molecular flexibility index (Phi) is 5.60. The second-order valence-corrected chi connectivity index (χ2v) is 4.89. The van der Waals surface area contributed by atoms with Crippen molar-refractivity contribution >= 4 is 23.5 Å². The lowest BCUT2D eigenvalue weighted by Gasteiger charge is -2.12. The van der Waals surface area contributed by atoms with Gasteiger partial charge in [0.25, 0.3) is 0 Å². The van der Waals surface area contributed by atoms with E-state index >= 15 is 0 Å². The maximum Gasteiger partial charge on any atom is 0.338 e. The predicted octanol–water partition coefficient (Wildman–Crippen LogP) is 3.09. The highest BCUT2D eigenvalue weighted by Gasteiger charge is 2.20. The Hall–Kier alpha value is -3.24. The third kappa shape index (κ3) is 4.15. The first-order valence-corrected chi connectivity index (χ1v) is 7.12. The van der Waals surface area contributed by atoms with Gasteiger partial charge >= 0.3 is 5.97 Å². The number of esters is 1. The first kappa shape index (κ1) is 17.1. The lowest BCUT2D eigenvalue weighted by Crippen LogP contribution is -2.24. The van der Waals surface area contributed by atoms with Crippen molar-refractivity contribution in [2.75, 3.05) is 7.11 Å². The van der Waals surface area contributed by atoms with Gasteiger partial charge in [0.1, 0.15) is 5.75 Å². The van der Waals surface area contributed by atoms with Gasteiger partial charge in [0, 0.05) is 5.56 Å². The zero-order chi connectivity index (χ0) is 17.5. The van der Waals surface area contributed by atoms with Crippen LogP contribution in [0.4, 0.5) is 5.69 Å². The normalized spacial score (nSPS) is 11.1. The summed E-state index contributed by atoms with van der Waals surface area (Å²) < 4.78 is 10.2. The Balaban J connectivity index is 2.04. The average Bonchev–Trinajstić information content (AvgIpc) is 2.62. The molecular formula is C18H15NO5. The lowest BCUT2D eigenvalue weighted by atomic mass is 10.1. The molecule has 6 nitrogen and oxygen atoms in total. The van der Waals surface area contributed by atoms with E-state index in [0.717, 1.165) is 0 Å². The first-order chi connectivity index (χ1) is 11.5. The van der Waals surface area contributed by atoms with Crippen molar-refractivity contribution in [1.29, 1.82) is 0 Å². The topological polar surface area (TPSA) is 82.0 Å². The summed E-state index contributed by atoms with van der Waals surface area (Å²) in [5, 5.41) is 0. The largest absolute Gasteiger partial charge is 0.497 e. The van der Waals surface area contributed by atoms with Gasteiger partial charge in [-0.25, -0.2) is 9.59 Å². The predicted molar refractivity (Wildman–Crippen MR) is 86.4 cm³/mol. The molecule has 1 atom stereocenters. The number of ketones is 1. The number of hydrogen-bond donors (Lipinski definition) is 0. The molecule has 0 aliphatic carbocycles. The molecule has 0 aliphatic heterocycles. The van der Waals surface area contributed by atoms with Gasteiger partial charge in [0.05, 0.1) is 18.4 Å². The molecule has 0 heterocycles. The van der Waals surface area contributed by atoms with Gasteiger partial charge < -0.3 is 9.47 Å². The zero-order valence-corrected chi connectivity index (χ0v) is 13.2. The summed E-state index contributed by atoms with van der Waals surface area (Å²) in [5.41, 5.74) is 1.06. The van der Waals surface area contributed by atoms with E-state index in [2.05, 4.69) is 4.99 Å². The van der Waals surface area contributed by atoms with Crippen LogP contribution >= 0.6 is 0 Å². The summed E-state index contributed by atoms with van der Waals surface area (Å²) in [6.07, 6.45) is 0.479. The minimum atomic E-state index is -0.932. The van der Waals surface area contributed by atoms with Crippen molar-refractivity contribution in [2.45, 2.75) is 13.0 Å². The van der Waals surface area contributed by atoms with Gasteiger partial charge in [-0.1, -0.05) is 0 Å². The Morgan fingerprint density at radius 3 is 2.12 bits per heavy atom. The highest BCUT2D eigenvalue weighted by molar-refractivity contribution is 6.01. The van der Waals surface area contributed by atoms with Crippen molar-refractivity contribution in [2.24, 2.45) is 4.99 Å². The molecule has 2 aromatic carbocycles. The van der Waals surface area contributed by atoms with Gasteiger partial charge in [-0.3, -0.25) is 4.79 Å². The molecule has 0 aromatic heterocycles. The molecule has 2 aromatic rings. The molecule has 0 saturated carbocycles. The van der Waals surface area contributed by atoms with Crippen LogP contribution in [0.2, 0.25) is 0 Å². The van der Waals surface area contributed by atoms with E-state index in [4.69, 9.17) is 9.47 Å². The number of carbonyl (C=O) groups excluding carboxylic acids is 3. The van der Waals surface area contributed by atoms with Crippen LogP contribution in [0.3, 0.4) is 0 Å². The Morgan fingerprint density at radius 1 is 1.00 bits per heavy atom. The van der Waals surface area contributed by atoms with Crippen molar-refractivity contribution in [3.05, 3.63) is 59.7 Å². The summed E-state index contributed by atoms with van der Waals surface area (Å²) in [7, 11) is 1.53. The fraction of sp³-hybridized carbons (Fsp3) is 0.167. The van der Waals surface area contributed by atoms with E-state index in [1.165, 1.54) is 44.4 Å². The van der Waals surface area contributed by atoms with E-state index in [1.54, 1.807) is 24.3 Å². The van der Waals surface area contributed by atoms with Crippen LogP contribution in [0.25, 0.3) is 0 Å². The molecule has 6 heteroatoms. The second kappa shape index (κ2) is 7.85. The smallest absolute Gasteiger partial charge is 0.338 e. The molecule has 0 bridgehead atoms. The number of carbonyl (C=O) groups is 2. The summed E-state index contributed by atoms with van der Waals surface area (Å²) in [4.78, 5) is 37.9. The van der Waals surface area contributed by atoms with Crippen LogP contribution in [-0.4, -0.2) is 31.0 Å². The fourth-order valence-electron chi connectivity index (χ4n) is 2.00. The van der Waals surface area contributed by atoms with E-state index in [9.17, 15) is 14.4 Å². The lowest BCUT2D eigenvalue weighted by molar-refractivity contribution is 0.0319. The van der Waals surface area contributed by atoms with Crippen LogP contribution in [-0.2, 0) is 9.53 Å². The molecule has 24 heavy (non-hydrogen) atoms. The van der Waals surface area contributed by atoms with Gasteiger partial charge in [-0.05, 0) is 55.5 Å². The SMILES string of the molecule is COc1ccc(C(=O)C(C)OC(=O)c2ccc(N=C=O)cc2)cc1. The van der Waals surface area contributed by atoms with Crippen molar-refractivity contribution in [3.8, 4) is 5.75 Å². The quantitative estimate of drug-likeness (QED) is 0.353. The number of rotatable bonds is 6. The number of aliphatic imine (C=N–C) groups is 1. The third-order valence-corrected chi connectivity index (χ3v) is 3.31. The summed E-state index contributed by atoms with van der Waals surface area (Å²) in [6.45, 7) is 1.51. The summed E-state index contributed by atoms with van der Waals surface area (Å²) in [5.74, 6) is -0.312. The number of ether oxygens (including phenoxy) is 2. The summed E-state index contributed by atoms with van der Waals surface area (Å²) in [6, 6.07) is 12.4. The third-order valence-electron chi connectivity index (χ3n) is 3.31. The number of methoxy groups -OCH3 is 1. The van der Waals surface area contributed by atoms with Crippen LogP contribution < -0.4 is 4.74 Å². The van der Waals surface area contributed by atoms with Crippen LogP contribution in [0.5, 0.6) is 5.75 Å². The minimum absolute atomic E-state index is 0.259. The first-order valence-electron chi connectivity index (χ1n) is 7.12. The van der Waals surface area contributed by atoms with Crippen molar-refractivity contribution in [3.63, 3.8) is 0 Å². The molecule has 0 amide bonds. The van der Waals surface area contributed by atoms with Crippen LogP contribution in [0.1, 0.15) is 27.6 Å². The maximum absolute atomic E-state index is 12.3. The van der Waals surface area contributed by atoms with Crippen molar-refractivity contribution in [1.82, 2.24) is 0 Å².